The molecule has 0 aliphatic rings. The van der Waals surface area contributed by atoms with Crippen LogP contribution in [0.2, 0.25) is 0 Å². The van der Waals surface area contributed by atoms with E-state index in [-0.39, 0.29) is 0 Å². The van der Waals surface area contributed by atoms with E-state index in [1.165, 1.54) is 16.5 Å². The summed E-state index contributed by atoms with van der Waals surface area (Å²) in [6.45, 7) is 5.49. The Morgan fingerprint density at radius 3 is 2.75 bits per heavy atom. The zero-order chi connectivity index (χ0) is 11.5. The Kier molecular flexibility index (Phi) is 3.30. The average molecular weight is 216 g/mol. The Balaban J connectivity index is 2.50. The average Bonchev–Trinajstić information content (AvgIpc) is 2.70. The molecule has 86 valence electrons. The molecule has 16 heavy (non-hydrogen) atoms. The Morgan fingerprint density at radius 2 is 2.06 bits per heavy atom. The lowest BCUT2D eigenvalue weighted by molar-refractivity contribution is 0.620. The quantitative estimate of drug-likeness (QED) is 0.831. The van der Waals surface area contributed by atoms with Crippen LogP contribution >= 0.6 is 0 Å². The summed E-state index contributed by atoms with van der Waals surface area (Å²) in [6, 6.07) is 9.31. The molecule has 0 unspecified atom stereocenters. The molecule has 0 fully saturated rings. The number of rotatable bonds is 4. The normalized spacial score (nSPS) is 11.5. The minimum atomic E-state index is 0.522. The fourth-order valence-electron chi connectivity index (χ4n) is 2.19. The summed E-state index contributed by atoms with van der Waals surface area (Å²) in [5, 5.41) is 4.56. The van der Waals surface area contributed by atoms with Gasteiger partial charge in [-0.1, -0.05) is 18.2 Å². The van der Waals surface area contributed by atoms with Gasteiger partial charge in [0.15, 0.2) is 0 Å². The molecule has 1 heterocycles. The number of benzene rings is 1. The van der Waals surface area contributed by atoms with Crippen molar-refractivity contribution in [1.82, 2.24) is 9.88 Å². The van der Waals surface area contributed by atoms with Crippen LogP contribution in [-0.4, -0.2) is 18.2 Å². The van der Waals surface area contributed by atoms with Crippen LogP contribution in [-0.2, 0) is 6.42 Å². The molecule has 0 bridgehead atoms. The predicted molar refractivity (Wildman–Crippen MR) is 70.0 cm³/mol. The van der Waals surface area contributed by atoms with E-state index in [9.17, 15) is 0 Å². The third kappa shape index (κ3) is 1.98. The minimum absolute atomic E-state index is 0.522. The first-order valence-electron chi connectivity index (χ1n) is 5.97. The molecule has 2 heteroatoms. The van der Waals surface area contributed by atoms with Crippen LogP contribution in [0.4, 0.5) is 0 Å². The number of likely N-dealkylation sites (N-methyl/N-ethyl adjacent to an activating group) is 1. The standard InChI is InChI=1S/C14H20N2/c1-11(2)16-10-8-13-6-4-5-12(14(13)16)7-9-15-3/h4-6,8,10-11,15H,7,9H2,1-3H3. The molecule has 1 N–H and O–H groups in total. The second-order valence-corrected chi connectivity index (χ2v) is 4.53. The highest BCUT2D eigenvalue weighted by molar-refractivity contribution is 5.83. The minimum Gasteiger partial charge on any atom is -0.345 e. The van der Waals surface area contributed by atoms with Crippen molar-refractivity contribution in [3.05, 3.63) is 36.0 Å². The summed E-state index contributed by atoms with van der Waals surface area (Å²) in [7, 11) is 2.00. The monoisotopic (exact) mass is 216 g/mol. The maximum Gasteiger partial charge on any atom is 0.0515 e. The smallest absolute Gasteiger partial charge is 0.0515 e. The van der Waals surface area contributed by atoms with E-state index in [0.717, 1.165) is 13.0 Å². The Labute approximate surface area is 97.3 Å². The van der Waals surface area contributed by atoms with Gasteiger partial charge in [0.05, 0.1) is 5.52 Å². The van der Waals surface area contributed by atoms with E-state index >= 15 is 0 Å². The second-order valence-electron chi connectivity index (χ2n) is 4.53. The van der Waals surface area contributed by atoms with Crippen LogP contribution in [0.25, 0.3) is 10.9 Å². The molecule has 0 saturated carbocycles. The summed E-state index contributed by atoms with van der Waals surface area (Å²) in [6.07, 6.45) is 3.28. The third-order valence-electron chi connectivity index (χ3n) is 3.02. The van der Waals surface area contributed by atoms with Crippen molar-refractivity contribution < 1.29 is 0 Å². The van der Waals surface area contributed by atoms with Crippen molar-refractivity contribution in [3.8, 4) is 0 Å². The fraction of sp³-hybridized carbons (Fsp3) is 0.429. The molecule has 2 aromatic rings. The predicted octanol–water partition coefficient (Wildman–Crippen LogP) is 2.98. The summed E-state index contributed by atoms with van der Waals surface area (Å²) >= 11 is 0. The molecule has 0 spiro atoms. The molecule has 0 saturated heterocycles. The topological polar surface area (TPSA) is 17.0 Å². The van der Waals surface area contributed by atoms with Crippen LogP contribution in [0.3, 0.4) is 0 Å². The largest absolute Gasteiger partial charge is 0.345 e. The number of hydrogen-bond acceptors (Lipinski definition) is 1. The van der Waals surface area contributed by atoms with Crippen LogP contribution in [0.15, 0.2) is 30.5 Å². The van der Waals surface area contributed by atoms with Crippen LogP contribution in [0.5, 0.6) is 0 Å². The number of hydrogen-bond donors (Lipinski definition) is 1. The van der Waals surface area contributed by atoms with Crippen molar-refractivity contribution in [1.29, 1.82) is 0 Å². The zero-order valence-corrected chi connectivity index (χ0v) is 10.3. The van der Waals surface area contributed by atoms with Crippen molar-refractivity contribution >= 4 is 10.9 Å². The van der Waals surface area contributed by atoms with Gasteiger partial charge in [-0.3, -0.25) is 0 Å². The third-order valence-corrected chi connectivity index (χ3v) is 3.02. The first kappa shape index (κ1) is 11.2. The molecule has 1 aromatic heterocycles. The molecule has 0 atom stereocenters. The van der Waals surface area contributed by atoms with E-state index in [0.29, 0.717) is 6.04 Å². The van der Waals surface area contributed by atoms with Crippen molar-refractivity contribution in [2.24, 2.45) is 0 Å². The molecule has 0 radical (unpaired) electrons. The number of nitrogens with one attached hydrogen (secondary N) is 1. The van der Waals surface area contributed by atoms with Gasteiger partial charge in [-0.05, 0) is 50.9 Å². The van der Waals surface area contributed by atoms with Gasteiger partial charge in [-0.2, -0.15) is 0 Å². The summed E-state index contributed by atoms with van der Waals surface area (Å²) in [4.78, 5) is 0. The molecular weight excluding hydrogens is 196 g/mol. The van der Waals surface area contributed by atoms with E-state index < -0.39 is 0 Å². The van der Waals surface area contributed by atoms with Gasteiger partial charge in [0.1, 0.15) is 0 Å². The number of para-hydroxylation sites is 1. The molecule has 0 aliphatic carbocycles. The highest BCUT2D eigenvalue weighted by atomic mass is 15.0. The highest BCUT2D eigenvalue weighted by Gasteiger charge is 2.07. The van der Waals surface area contributed by atoms with Gasteiger partial charge < -0.3 is 9.88 Å². The maximum absolute atomic E-state index is 3.21. The first-order chi connectivity index (χ1) is 7.74. The van der Waals surface area contributed by atoms with E-state index in [1.807, 2.05) is 7.05 Å². The van der Waals surface area contributed by atoms with Gasteiger partial charge in [-0.25, -0.2) is 0 Å². The van der Waals surface area contributed by atoms with Crippen molar-refractivity contribution in [2.45, 2.75) is 26.3 Å². The van der Waals surface area contributed by atoms with Gasteiger partial charge in [-0.15, -0.1) is 0 Å². The maximum atomic E-state index is 3.21. The Bertz CT molecular complexity index is 469. The Hall–Kier alpha value is -1.28. The number of fused-ring (bicyclic) bond motifs is 1. The molecule has 2 nitrogen and oxygen atoms in total. The number of aromatic nitrogens is 1. The summed E-state index contributed by atoms with van der Waals surface area (Å²) in [5.41, 5.74) is 2.83. The molecule has 0 amide bonds. The van der Waals surface area contributed by atoms with Crippen molar-refractivity contribution in [3.63, 3.8) is 0 Å². The van der Waals surface area contributed by atoms with E-state index in [4.69, 9.17) is 0 Å². The fourth-order valence-corrected chi connectivity index (χ4v) is 2.19. The SMILES string of the molecule is CNCCc1cccc2ccn(C(C)C)c12. The van der Waals surface area contributed by atoms with Crippen molar-refractivity contribution in [2.75, 3.05) is 13.6 Å². The highest BCUT2D eigenvalue weighted by Crippen LogP contribution is 2.23. The summed E-state index contributed by atoms with van der Waals surface area (Å²) < 4.78 is 2.36. The zero-order valence-electron chi connectivity index (χ0n) is 10.3. The van der Waals surface area contributed by atoms with Crippen LogP contribution < -0.4 is 5.32 Å². The van der Waals surface area contributed by atoms with E-state index in [1.54, 1.807) is 0 Å². The number of nitrogens with zero attached hydrogens (tertiary/aromatic N) is 1. The van der Waals surface area contributed by atoms with Crippen LogP contribution in [0.1, 0.15) is 25.5 Å². The van der Waals surface area contributed by atoms with Gasteiger partial charge >= 0.3 is 0 Å². The van der Waals surface area contributed by atoms with Gasteiger partial charge in [0.25, 0.3) is 0 Å². The summed E-state index contributed by atoms with van der Waals surface area (Å²) in [5.74, 6) is 0. The molecular formula is C14H20N2. The lowest BCUT2D eigenvalue weighted by atomic mass is 10.1. The van der Waals surface area contributed by atoms with Gasteiger partial charge in [0.2, 0.25) is 0 Å². The van der Waals surface area contributed by atoms with E-state index in [2.05, 4.69) is 54.2 Å². The molecule has 1 aromatic carbocycles. The molecule has 0 aliphatic heterocycles. The second kappa shape index (κ2) is 4.71. The van der Waals surface area contributed by atoms with Gasteiger partial charge in [0, 0.05) is 12.2 Å². The van der Waals surface area contributed by atoms with Crippen LogP contribution in [0, 0.1) is 0 Å². The Morgan fingerprint density at radius 1 is 1.25 bits per heavy atom. The first-order valence-corrected chi connectivity index (χ1v) is 5.97. The molecule has 2 rings (SSSR count). The lowest BCUT2D eigenvalue weighted by Crippen LogP contribution is -2.11. The lowest BCUT2D eigenvalue weighted by Gasteiger charge is -2.12.